The molecular weight excluding hydrogens is 256 g/mol. The highest BCUT2D eigenvalue weighted by Gasteiger charge is 2.21. The van der Waals surface area contributed by atoms with Crippen molar-refractivity contribution in [2.75, 3.05) is 24.5 Å². The standard InChI is InChI=1S/C14H22N4O2/c1-11(2)17(10-12-4-3-6-15-9-12)14-8-13(18(19)20)5-7-16-14/h5,7-8,11-12,15H,3-4,6,9-10H2,1-2H3. The first-order valence-electron chi connectivity index (χ1n) is 7.15. The van der Waals surface area contributed by atoms with Crippen LogP contribution in [0.3, 0.4) is 0 Å². The molecule has 110 valence electrons. The topological polar surface area (TPSA) is 71.3 Å². The van der Waals surface area contributed by atoms with Gasteiger partial charge < -0.3 is 10.2 Å². The third-order valence-electron chi connectivity index (χ3n) is 3.71. The fourth-order valence-electron chi connectivity index (χ4n) is 2.61. The summed E-state index contributed by atoms with van der Waals surface area (Å²) in [6.45, 7) is 7.18. The van der Waals surface area contributed by atoms with Gasteiger partial charge in [-0.2, -0.15) is 0 Å². The Morgan fingerprint density at radius 3 is 3.00 bits per heavy atom. The van der Waals surface area contributed by atoms with Gasteiger partial charge in [-0.05, 0) is 45.7 Å². The third kappa shape index (κ3) is 3.66. The molecule has 0 aliphatic carbocycles. The van der Waals surface area contributed by atoms with E-state index in [-0.39, 0.29) is 16.7 Å². The Kier molecular flexibility index (Phi) is 4.89. The van der Waals surface area contributed by atoms with Gasteiger partial charge in [-0.25, -0.2) is 4.98 Å². The Morgan fingerprint density at radius 2 is 2.40 bits per heavy atom. The molecule has 1 aliphatic heterocycles. The van der Waals surface area contributed by atoms with Crippen molar-refractivity contribution in [3.63, 3.8) is 0 Å². The van der Waals surface area contributed by atoms with E-state index in [9.17, 15) is 10.1 Å². The molecule has 1 aromatic rings. The Hall–Kier alpha value is -1.69. The largest absolute Gasteiger partial charge is 0.354 e. The predicted octanol–water partition coefficient (Wildman–Crippen LogP) is 2.20. The minimum atomic E-state index is -0.369. The van der Waals surface area contributed by atoms with Crippen LogP contribution in [0, 0.1) is 16.0 Å². The van der Waals surface area contributed by atoms with Gasteiger partial charge in [0, 0.05) is 24.8 Å². The lowest BCUT2D eigenvalue weighted by atomic mass is 9.98. The number of hydrogen-bond donors (Lipinski definition) is 1. The molecule has 1 aromatic heterocycles. The number of nitrogens with zero attached hydrogens (tertiary/aromatic N) is 3. The van der Waals surface area contributed by atoms with E-state index in [1.54, 1.807) is 6.07 Å². The second kappa shape index (κ2) is 6.65. The first-order chi connectivity index (χ1) is 9.58. The number of anilines is 1. The molecule has 1 aliphatic rings. The second-order valence-corrected chi connectivity index (χ2v) is 5.59. The summed E-state index contributed by atoms with van der Waals surface area (Å²) in [7, 11) is 0. The molecule has 1 unspecified atom stereocenters. The summed E-state index contributed by atoms with van der Waals surface area (Å²) in [5.41, 5.74) is 0.0995. The fraction of sp³-hybridized carbons (Fsp3) is 0.643. The molecule has 1 fully saturated rings. The number of aromatic nitrogens is 1. The van der Waals surface area contributed by atoms with Crippen molar-refractivity contribution in [2.24, 2.45) is 5.92 Å². The van der Waals surface area contributed by atoms with Gasteiger partial charge >= 0.3 is 0 Å². The van der Waals surface area contributed by atoms with Gasteiger partial charge in [0.05, 0.1) is 11.0 Å². The van der Waals surface area contributed by atoms with E-state index in [1.165, 1.54) is 25.1 Å². The highest BCUT2D eigenvalue weighted by atomic mass is 16.6. The van der Waals surface area contributed by atoms with Crippen LogP contribution in [0.4, 0.5) is 11.5 Å². The zero-order valence-electron chi connectivity index (χ0n) is 12.1. The van der Waals surface area contributed by atoms with Crippen molar-refractivity contribution in [1.29, 1.82) is 0 Å². The van der Waals surface area contributed by atoms with Crippen LogP contribution >= 0.6 is 0 Å². The molecule has 1 saturated heterocycles. The van der Waals surface area contributed by atoms with Crippen molar-refractivity contribution >= 4 is 11.5 Å². The van der Waals surface area contributed by atoms with Gasteiger partial charge in [0.15, 0.2) is 0 Å². The average molecular weight is 278 g/mol. The lowest BCUT2D eigenvalue weighted by Gasteiger charge is -2.33. The predicted molar refractivity (Wildman–Crippen MR) is 79.0 cm³/mol. The van der Waals surface area contributed by atoms with Crippen LogP contribution in [0.1, 0.15) is 26.7 Å². The molecule has 0 amide bonds. The summed E-state index contributed by atoms with van der Waals surface area (Å²) in [6.07, 6.45) is 3.91. The van der Waals surface area contributed by atoms with Crippen LogP contribution in [-0.2, 0) is 0 Å². The first kappa shape index (κ1) is 14.7. The number of nitro groups is 1. The number of pyridine rings is 1. The van der Waals surface area contributed by atoms with Crippen molar-refractivity contribution in [1.82, 2.24) is 10.3 Å². The Labute approximate surface area is 119 Å². The highest BCUT2D eigenvalue weighted by Crippen LogP contribution is 2.22. The maximum atomic E-state index is 10.9. The molecule has 0 saturated carbocycles. The molecule has 1 atom stereocenters. The number of nitrogens with one attached hydrogen (secondary N) is 1. The lowest BCUT2D eigenvalue weighted by molar-refractivity contribution is -0.384. The van der Waals surface area contributed by atoms with Gasteiger partial charge in [-0.1, -0.05) is 0 Å². The van der Waals surface area contributed by atoms with E-state index in [1.807, 2.05) is 0 Å². The maximum absolute atomic E-state index is 10.9. The van der Waals surface area contributed by atoms with E-state index in [4.69, 9.17) is 0 Å². The van der Waals surface area contributed by atoms with E-state index >= 15 is 0 Å². The van der Waals surface area contributed by atoms with Crippen molar-refractivity contribution in [3.05, 3.63) is 28.4 Å². The van der Waals surface area contributed by atoms with Crippen molar-refractivity contribution in [2.45, 2.75) is 32.7 Å². The minimum absolute atomic E-state index is 0.0995. The number of hydrogen-bond acceptors (Lipinski definition) is 5. The molecule has 6 nitrogen and oxygen atoms in total. The Balaban J connectivity index is 2.15. The van der Waals surface area contributed by atoms with E-state index in [0.717, 1.165) is 19.6 Å². The molecule has 20 heavy (non-hydrogen) atoms. The third-order valence-corrected chi connectivity index (χ3v) is 3.71. The fourth-order valence-corrected chi connectivity index (χ4v) is 2.61. The summed E-state index contributed by atoms with van der Waals surface area (Å²) in [5.74, 6) is 1.27. The second-order valence-electron chi connectivity index (χ2n) is 5.59. The van der Waals surface area contributed by atoms with Crippen LogP contribution < -0.4 is 10.2 Å². The van der Waals surface area contributed by atoms with Crippen molar-refractivity contribution in [3.8, 4) is 0 Å². The molecule has 0 aromatic carbocycles. The van der Waals surface area contributed by atoms with Crippen LogP contribution in [0.15, 0.2) is 18.3 Å². The molecular formula is C14H22N4O2. The summed E-state index contributed by atoms with van der Waals surface area (Å²) >= 11 is 0. The summed E-state index contributed by atoms with van der Waals surface area (Å²) < 4.78 is 0. The van der Waals surface area contributed by atoms with E-state index < -0.39 is 0 Å². The molecule has 6 heteroatoms. The zero-order valence-corrected chi connectivity index (χ0v) is 12.1. The van der Waals surface area contributed by atoms with Gasteiger partial charge in [-0.15, -0.1) is 0 Å². The highest BCUT2D eigenvalue weighted by molar-refractivity contribution is 5.47. The average Bonchev–Trinajstić information content (AvgIpc) is 2.45. The summed E-state index contributed by atoms with van der Waals surface area (Å²) in [6, 6.07) is 3.27. The molecule has 1 N–H and O–H groups in total. The molecule has 0 bridgehead atoms. The van der Waals surface area contributed by atoms with Crippen LogP contribution in [-0.4, -0.2) is 35.6 Å². The first-order valence-corrected chi connectivity index (χ1v) is 7.15. The Bertz CT molecular complexity index is 458. The van der Waals surface area contributed by atoms with Gasteiger partial charge in [0.25, 0.3) is 5.69 Å². The van der Waals surface area contributed by atoms with Crippen molar-refractivity contribution < 1.29 is 4.92 Å². The minimum Gasteiger partial charge on any atom is -0.354 e. The Morgan fingerprint density at radius 1 is 1.60 bits per heavy atom. The normalized spacial score (nSPS) is 19.1. The summed E-state index contributed by atoms with van der Waals surface area (Å²) in [5, 5.41) is 14.3. The molecule has 2 rings (SSSR count). The molecule has 0 radical (unpaired) electrons. The molecule has 0 spiro atoms. The quantitative estimate of drug-likeness (QED) is 0.660. The van der Waals surface area contributed by atoms with Gasteiger partial charge in [0.1, 0.15) is 5.82 Å². The summed E-state index contributed by atoms with van der Waals surface area (Å²) in [4.78, 5) is 17.0. The SMILES string of the molecule is CC(C)N(CC1CCCNC1)c1cc([N+](=O)[O-])ccn1. The molecule has 2 heterocycles. The number of rotatable bonds is 5. The van der Waals surface area contributed by atoms with Crippen LogP contribution in [0.25, 0.3) is 0 Å². The maximum Gasteiger partial charge on any atom is 0.274 e. The van der Waals surface area contributed by atoms with Gasteiger partial charge in [-0.3, -0.25) is 10.1 Å². The number of piperidine rings is 1. The van der Waals surface area contributed by atoms with E-state index in [0.29, 0.717) is 11.7 Å². The smallest absolute Gasteiger partial charge is 0.274 e. The zero-order chi connectivity index (χ0) is 14.5. The lowest BCUT2D eigenvalue weighted by Crippen LogP contribution is -2.41. The van der Waals surface area contributed by atoms with Gasteiger partial charge in [0.2, 0.25) is 0 Å². The van der Waals surface area contributed by atoms with E-state index in [2.05, 4.69) is 29.0 Å². The monoisotopic (exact) mass is 278 g/mol. The van der Waals surface area contributed by atoms with Crippen LogP contribution in [0.2, 0.25) is 0 Å². The van der Waals surface area contributed by atoms with Crippen LogP contribution in [0.5, 0.6) is 0 Å².